The molecule has 0 radical (unpaired) electrons. The van der Waals surface area contributed by atoms with Gasteiger partial charge in [0.1, 0.15) is 11.5 Å². The van der Waals surface area contributed by atoms with Gasteiger partial charge < -0.3 is 15.8 Å². The molecule has 0 unspecified atom stereocenters. The van der Waals surface area contributed by atoms with E-state index in [2.05, 4.69) is 41.7 Å². The van der Waals surface area contributed by atoms with Crippen molar-refractivity contribution in [2.45, 2.75) is 25.3 Å². The lowest BCUT2D eigenvalue weighted by molar-refractivity contribution is 0.482. The molecule has 3 nitrogen and oxygen atoms in total. The molecule has 0 heterocycles. The zero-order valence-corrected chi connectivity index (χ0v) is 14.1. The van der Waals surface area contributed by atoms with E-state index in [-0.39, 0.29) is 0 Å². The minimum absolute atomic E-state index is 0.734. The van der Waals surface area contributed by atoms with E-state index in [0.717, 1.165) is 35.3 Å². The van der Waals surface area contributed by atoms with Gasteiger partial charge in [-0.1, -0.05) is 24.3 Å². The summed E-state index contributed by atoms with van der Waals surface area (Å²) in [6, 6.07) is 24.4. The number of benzene rings is 3. The lowest BCUT2D eigenvalue weighted by Gasteiger charge is -2.10. The summed E-state index contributed by atoms with van der Waals surface area (Å²) in [6.45, 7) is 0.766. The predicted molar refractivity (Wildman–Crippen MR) is 103 cm³/mol. The molecule has 3 aromatic carbocycles. The van der Waals surface area contributed by atoms with Gasteiger partial charge in [-0.2, -0.15) is 0 Å². The normalized spacial score (nSPS) is 13.4. The molecule has 4 rings (SSSR count). The molecule has 0 amide bonds. The van der Waals surface area contributed by atoms with E-state index in [1.54, 1.807) is 0 Å². The third-order valence-electron chi connectivity index (χ3n) is 4.47. The molecule has 1 fully saturated rings. The molecule has 3 N–H and O–H groups in total. The maximum atomic E-state index is 5.89. The summed E-state index contributed by atoms with van der Waals surface area (Å²) in [5.41, 5.74) is 10.2. The van der Waals surface area contributed by atoms with Gasteiger partial charge in [0.05, 0.1) is 0 Å². The van der Waals surface area contributed by atoms with E-state index in [9.17, 15) is 0 Å². The molecule has 1 aliphatic rings. The molecule has 0 atom stereocenters. The molecule has 0 aliphatic heterocycles. The second-order valence-electron chi connectivity index (χ2n) is 6.57. The maximum absolute atomic E-state index is 5.89. The summed E-state index contributed by atoms with van der Waals surface area (Å²) < 4.78 is 5.89. The number of nitrogens with one attached hydrogen (secondary N) is 1. The van der Waals surface area contributed by atoms with Crippen molar-refractivity contribution in [2.24, 2.45) is 0 Å². The molecule has 3 heteroatoms. The van der Waals surface area contributed by atoms with E-state index in [0.29, 0.717) is 0 Å². The highest BCUT2D eigenvalue weighted by Crippen LogP contribution is 2.40. The average Bonchev–Trinajstić information content (AvgIpc) is 3.48. The van der Waals surface area contributed by atoms with Crippen molar-refractivity contribution in [2.75, 3.05) is 11.1 Å². The van der Waals surface area contributed by atoms with E-state index in [1.165, 1.54) is 24.0 Å². The minimum Gasteiger partial charge on any atom is -0.457 e. The number of anilines is 2. The van der Waals surface area contributed by atoms with Crippen LogP contribution in [0.3, 0.4) is 0 Å². The first-order chi connectivity index (χ1) is 12.3. The highest BCUT2D eigenvalue weighted by Gasteiger charge is 2.22. The van der Waals surface area contributed by atoms with Crippen molar-refractivity contribution < 1.29 is 4.74 Å². The largest absolute Gasteiger partial charge is 0.457 e. The molecular formula is C22H22N2O. The van der Waals surface area contributed by atoms with Crippen molar-refractivity contribution in [1.29, 1.82) is 0 Å². The Morgan fingerprint density at radius 3 is 2.36 bits per heavy atom. The summed E-state index contributed by atoms with van der Waals surface area (Å²) >= 11 is 0. The number of hydrogen-bond acceptors (Lipinski definition) is 3. The van der Waals surface area contributed by atoms with Gasteiger partial charge in [-0.05, 0) is 78.4 Å². The van der Waals surface area contributed by atoms with Crippen LogP contribution in [-0.4, -0.2) is 0 Å². The summed E-state index contributed by atoms with van der Waals surface area (Å²) in [5.74, 6) is 2.42. The van der Waals surface area contributed by atoms with Crippen LogP contribution in [0.5, 0.6) is 11.5 Å². The molecule has 1 saturated carbocycles. The van der Waals surface area contributed by atoms with Gasteiger partial charge in [0.15, 0.2) is 0 Å². The van der Waals surface area contributed by atoms with E-state index in [1.807, 2.05) is 36.4 Å². The molecule has 0 bridgehead atoms. The Morgan fingerprint density at radius 1 is 0.880 bits per heavy atom. The van der Waals surface area contributed by atoms with Crippen LogP contribution in [0.2, 0.25) is 0 Å². The van der Waals surface area contributed by atoms with Crippen molar-refractivity contribution in [3.63, 3.8) is 0 Å². The molecule has 0 saturated heterocycles. The van der Waals surface area contributed by atoms with Crippen molar-refractivity contribution >= 4 is 11.4 Å². The lowest BCUT2D eigenvalue weighted by Crippen LogP contribution is -1.99. The Morgan fingerprint density at radius 2 is 1.64 bits per heavy atom. The first kappa shape index (κ1) is 15.6. The van der Waals surface area contributed by atoms with Gasteiger partial charge in [-0.3, -0.25) is 0 Å². The van der Waals surface area contributed by atoms with Crippen LogP contribution in [0.25, 0.3) is 0 Å². The third-order valence-corrected chi connectivity index (χ3v) is 4.47. The Hall–Kier alpha value is -2.94. The van der Waals surface area contributed by atoms with Crippen molar-refractivity contribution in [1.82, 2.24) is 0 Å². The monoisotopic (exact) mass is 330 g/mol. The zero-order chi connectivity index (χ0) is 17.1. The molecule has 25 heavy (non-hydrogen) atoms. The summed E-state index contributed by atoms with van der Waals surface area (Å²) in [7, 11) is 0. The highest BCUT2D eigenvalue weighted by molar-refractivity contribution is 5.47. The second kappa shape index (κ2) is 6.89. The van der Waals surface area contributed by atoms with Gasteiger partial charge in [-0.25, -0.2) is 0 Å². The van der Waals surface area contributed by atoms with Crippen LogP contribution in [0, 0.1) is 0 Å². The standard InChI is InChI=1S/C22H22N2O/c23-19-8-12-21(13-9-19)25-22-3-1-2-16(14-22)15-24-20-10-6-18(7-11-20)17-4-5-17/h1-3,6-14,17,24H,4-5,15,23H2. The van der Waals surface area contributed by atoms with Crippen molar-refractivity contribution in [3.05, 3.63) is 83.9 Å². The van der Waals surface area contributed by atoms with E-state index < -0.39 is 0 Å². The fraction of sp³-hybridized carbons (Fsp3) is 0.182. The van der Waals surface area contributed by atoms with Crippen LogP contribution in [0.15, 0.2) is 72.8 Å². The number of ether oxygens (including phenoxy) is 1. The van der Waals surface area contributed by atoms with Crippen LogP contribution < -0.4 is 15.8 Å². The Labute approximate surface area is 148 Å². The molecule has 3 aromatic rings. The SMILES string of the molecule is Nc1ccc(Oc2cccc(CNc3ccc(C4CC4)cc3)c2)cc1. The molecule has 0 aromatic heterocycles. The Balaban J connectivity index is 1.38. The minimum atomic E-state index is 0.734. The topological polar surface area (TPSA) is 47.3 Å². The van der Waals surface area contributed by atoms with E-state index >= 15 is 0 Å². The summed E-state index contributed by atoms with van der Waals surface area (Å²) in [5, 5.41) is 3.47. The average molecular weight is 330 g/mol. The highest BCUT2D eigenvalue weighted by atomic mass is 16.5. The molecule has 0 spiro atoms. The predicted octanol–water partition coefficient (Wildman–Crippen LogP) is 5.55. The quantitative estimate of drug-likeness (QED) is 0.582. The van der Waals surface area contributed by atoms with Gasteiger partial charge in [0, 0.05) is 17.9 Å². The van der Waals surface area contributed by atoms with Crippen LogP contribution in [0.1, 0.15) is 29.9 Å². The lowest BCUT2D eigenvalue weighted by atomic mass is 10.1. The van der Waals surface area contributed by atoms with Gasteiger partial charge in [0.2, 0.25) is 0 Å². The van der Waals surface area contributed by atoms with E-state index in [4.69, 9.17) is 10.5 Å². The Bertz CT molecular complexity index is 837. The van der Waals surface area contributed by atoms with Crippen LogP contribution in [-0.2, 0) is 6.54 Å². The number of rotatable bonds is 6. The third kappa shape index (κ3) is 4.13. The number of nitrogens with two attached hydrogens (primary N) is 1. The van der Waals surface area contributed by atoms with Crippen LogP contribution in [0.4, 0.5) is 11.4 Å². The first-order valence-electron chi connectivity index (χ1n) is 8.72. The number of nitrogen functional groups attached to an aromatic ring is 1. The first-order valence-corrected chi connectivity index (χ1v) is 8.72. The maximum Gasteiger partial charge on any atom is 0.127 e. The molecule has 1 aliphatic carbocycles. The fourth-order valence-corrected chi connectivity index (χ4v) is 2.88. The molecule has 126 valence electrons. The fourth-order valence-electron chi connectivity index (χ4n) is 2.88. The van der Waals surface area contributed by atoms with Crippen molar-refractivity contribution in [3.8, 4) is 11.5 Å². The second-order valence-corrected chi connectivity index (χ2v) is 6.57. The van der Waals surface area contributed by atoms with Gasteiger partial charge in [0.25, 0.3) is 0 Å². The zero-order valence-electron chi connectivity index (χ0n) is 14.1. The Kier molecular flexibility index (Phi) is 4.30. The smallest absolute Gasteiger partial charge is 0.127 e. The number of hydrogen-bond donors (Lipinski definition) is 2. The molecular weight excluding hydrogens is 308 g/mol. The summed E-state index contributed by atoms with van der Waals surface area (Å²) in [4.78, 5) is 0. The van der Waals surface area contributed by atoms with Gasteiger partial charge >= 0.3 is 0 Å². The van der Waals surface area contributed by atoms with Crippen LogP contribution >= 0.6 is 0 Å². The van der Waals surface area contributed by atoms with Gasteiger partial charge in [-0.15, -0.1) is 0 Å². The summed E-state index contributed by atoms with van der Waals surface area (Å²) in [6.07, 6.45) is 2.68.